The molecule has 26 heavy (non-hydrogen) atoms. The third kappa shape index (κ3) is 2.94. The Hall–Kier alpha value is -2.47. The van der Waals surface area contributed by atoms with E-state index in [1.807, 2.05) is 48.2 Å². The molecule has 0 bridgehead atoms. The number of aromatic amines is 1. The number of H-pyrrole nitrogens is 1. The molecule has 0 saturated carbocycles. The highest BCUT2D eigenvalue weighted by molar-refractivity contribution is 8.00. The van der Waals surface area contributed by atoms with Crippen LogP contribution in [0.3, 0.4) is 0 Å². The van der Waals surface area contributed by atoms with Crippen molar-refractivity contribution in [1.82, 2.24) is 9.97 Å². The van der Waals surface area contributed by atoms with Crippen molar-refractivity contribution in [1.29, 1.82) is 0 Å². The number of methoxy groups -OCH3 is 1. The van der Waals surface area contributed by atoms with Crippen LogP contribution in [-0.2, 0) is 11.2 Å². The first kappa shape index (κ1) is 17.0. The van der Waals surface area contributed by atoms with Gasteiger partial charge in [-0.2, -0.15) is 0 Å². The lowest BCUT2D eigenvalue weighted by molar-refractivity contribution is -0.118. The molecule has 0 saturated heterocycles. The van der Waals surface area contributed by atoms with Gasteiger partial charge < -0.3 is 14.6 Å². The lowest BCUT2D eigenvalue weighted by atomic mass is 10.1. The van der Waals surface area contributed by atoms with Crippen molar-refractivity contribution in [3.8, 4) is 5.75 Å². The number of para-hydroxylation sites is 1. The van der Waals surface area contributed by atoms with Gasteiger partial charge in [0.1, 0.15) is 5.75 Å². The first-order valence-electron chi connectivity index (χ1n) is 8.68. The Labute approximate surface area is 156 Å². The van der Waals surface area contributed by atoms with Crippen molar-refractivity contribution < 1.29 is 9.53 Å². The molecule has 5 nitrogen and oxygen atoms in total. The SMILES string of the molecule is COc1ccc2nc(S[C@H](C)C(=O)N3c4ccccc4C[C@H]3C)[nH]c2c1. The summed E-state index contributed by atoms with van der Waals surface area (Å²) in [5.41, 5.74) is 4.05. The van der Waals surface area contributed by atoms with E-state index in [9.17, 15) is 4.79 Å². The Kier molecular flexibility index (Phi) is 4.36. The molecule has 1 amide bonds. The molecule has 2 aromatic carbocycles. The number of carbonyl (C=O) groups is 1. The molecule has 4 rings (SSSR count). The fourth-order valence-corrected chi connectivity index (χ4v) is 4.33. The predicted molar refractivity (Wildman–Crippen MR) is 105 cm³/mol. The third-order valence-electron chi connectivity index (χ3n) is 4.75. The molecule has 2 heterocycles. The summed E-state index contributed by atoms with van der Waals surface area (Å²) in [5, 5.41) is 0.514. The number of aromatic nitrogens is 2. The number of hydrogen-bond acceptors (Lipinski definition) is 4. The Morgan fingerprint density at radius 1 is 1.35 bits per heavy atom. The van der Waals surface area contributed by atoms with E-state index in [4.69, 9.17) is 4.74 Å². The number of hydrogen-bond donors (Lipinski definition) is 1. The molecule has 3 aromatic rings. The van der Waals surface area contributed by atoms with Gasteiger partial charge in [-0.05, 0) is 44.0 Å². The molecule has 1 aliphatic heterocycles. The van der Waals surface area contributed by atoms with Crippen molar-refractivity contribution >= 4 is 34.4 Å². The molecule has 6 heteroatoms. The largest absolute Gasteiger partial charge is 0.497 e. The number of ether oxygens (including phenoxy) is 1. The zero-order chi connectivity index (χ0) is 18.3. The fraction of sp³-hybridized carbons (Fsp3) is 0.300. The van der Waals surface area contributed by atoms with E-state index >= 15 is 0 Å². The van der Waals surface area contributed by atoms with Gasteiger partial charge in [-0.3, -0.25) is 4.79 Å². The van der Waals surface area contributed by atoms with Crippen LogP contribution < -0.4 is 9.64 Å². The van der Waals surface area contributed by atoms with Gasteiger partial charge in [0.15, 0.2) is 5.16 Å². The number of fused-ring (bicyclic) bond motifs is 2. The minimum absolute atomic E-state index is 0.116. The van der Waals surface area contributed by atoms with Crippen LogP contribution in [0.2, 0.25) is 0 Å². The van der Waals surface area contributed by atoms with Gasteiger partial charge in [-0.15, -0.1) is 0 Å². The summed E-state index contributed by atoms with van der Waals surface area (Å²) in [5.74, 6) is 0.898. The van der Waals surface area contributed by atoms with Gasteiger partial charge in [0.25, 0.3) is 0 Å². The van der Waals surface area contributed by atoms with Gasteiger partial charge in [0.05, 0.1) is 23.4 Å². The highest BCUT2D eigenvalue weighted by Gasteiger charge is 2.33. The Bertz CT molecular complexity index is 969. The summed E-state index contributed by atoms with van der Waals surface area (Å²) in [6, 6.07) is 14.0. The van der Waals surface area contributed by atoms with Crippen molar-refractivity contribution in [2.24, 2.45) is 0 Å². The predicted octanol–water partition coefficient (Wildman–Crippen LogP) is 4.03. The second-order valence-corrected chi connectivity index (χ2v) is 7.90. The number of rotatable bonds is 4. The number of nitrogens with zero attached hydrogens (tertiary/aromatic N) is 2. The van der Waals surface area contributed by atoms with Crippen LogP contribution in [-0.4, -0.2) is 34.3 Å². The highest BCUT2D eigenvalue weighted by Crippen LogP contribution is 2.34. The summed E-state index contributed by atoms with van der Waals surface area (Å²) in [7, 11) is 1.64. The molecule has 1 aromatic heterocycles. The van der Waals surface area contributed by atoms with E-state index in [2.05, 4.69) is 23.0 Å². The molecule has 0 spiro atoms. The fourth-order valence-electron chi connectivity index (χ4n) is 3.46. The highest BCUT2D eigenvalue weighted by atomic mass is 32.2. The first-order valence-corrected chi connectivity index (χ1v) is 9.56. The zero-order valence-electron chi connectivity index (χ0n) is 15.0. The van der Waals surface area contributed by atoms with Crippen molar-refractivity contribution in [3.05, 3.63) is 48.0 Å². The summed E-state index contributed by atoms with van der Waals surface area (Å²) in [6.45, 7) is 4.04. The average Bonchev–Trinajstić information content (AvgIpc) is 3.19. The normalized spacial score (nSPS) is 17.3. The molecule has 2 atom stereocenters. The topological polar surface area (TPSA) is 58.2 Å². The average molecular weight is 367 g/mol. The standard InChI is InChI=1S/C20H21N3O2S/c1-12-10-14-6-4-5-7-18(14)23(12)19(24)13(2)26-20-21-16-9-8-15(25-3)11-17(16)22-20/h4-9,11-13H,10H2,1-3H3,(H,21,22)/t12-,13-/m1/s1. The van der Waals surface area contributed by atoms with E-state index < -0.39 is 0 Å². The van der Waals surface area contributed by atoms with E-state index in [1.54, 1.807) is 7.11 Å². The number of nitrogens with one attached hydrogen (secondary N) is 1. The minimum Gasteiger partial charge on any atom is -0.497 e. The Morgan fingerprint density at radius 3 is 2.96 bits per heavy atom. The molecule has 134 valence electrons. The molecular formula is C20H21N3O2S. The molecule has 0 unspecified atom stereocenters. The van der Waals surface area contributed by atoms with Gasteiger partial charge in [-0.1, -0.05) is 30.0 Å². The monoisotopic (exact) mass is 367 g/mol. The van der Waals surface area contributed by atoms with Crippen LogP contribution in [0.1, 0.15) is 19.4 Å². The maximum absolute atomic E-state index is 13.1. The van der Waals surface area contributed by atoms with Gasteiger partial charge in [0.2, 0.25) is 5.91 Å². The van der Waals surface area contributed by atoms with Crippen LogP contribution in [0.25, 0.3) is 11.0 Å². The molecular weight excluding hydrogens is 346 g/mol. The number of amides is 1. The summed E-state index contributed by atoms with van der Waals surface area (Å²) in [4.78, 5) is 22.9. The smallest absolute Gasteiger partial charge is 0.240 e. The van der Waals surface area contributed by atoms with E-state index in [-0.39, 0.29) is 17.2 Å². The number of carbonyl (C=O) groups excluding carboxylic acids is 1. The Balaban J connectivity index is 1.54. The number of imidazole rings is 1. The maximum atomic E-state index is 13.1. The van der Waals surface area contributed by atoms with Crippen molar-refractivity contribution in [2.45, 2.75) is 36.7 Å². The summed E-state index contributed by atoms with van der Waals surface area (Å²) in [6.07, 6.45) is 0.906. The quantitative estimate of drug-likeness (QED) is 0.708. The summed E-state index contributed by atoms with van der Waals surface area (Å²) >= 11 is 1.46. The minimum atomic E-state index is -0.230. The van der Waals surface area contributed by atoms with Crippen LogP contribution >= 0.6 is 11.8 Å². The lowest BCUT2D eigenvalue weighted by Crippen LogP contribution is -2.40. The van der Waals surface area contributed by atoms with Crippen LogP contribution in [0.4, 0.5) is 5.69 Å². The van der Waals surface area contributed by atoms with Gasteiger partial charge >= 0.3 is 0 Å². The zero-order valence-corrected chi connectivity index (χ0v) is 15.8. The second-order valence-electron chi connectivity index (χ2n) is 6.58. The van der Waals surface area contributed by atoms with Gasteiger partial charge in [-0.25, -0.2) is 4.98 Å². The van der Waals surface area contributed by atoms with E-state index in [1.165, 1.54) is 17.3 Å². The van der Waals surface area contributed by atoms with Crippen molar-refractivity contribution in [3.63, 3.8) is 0 Å². The number of thioether (sulfide) groups is 1. The lowest BCUT2D eigenvalue weighted by Gasteiger charge is -2.25. The molecule has 0 aliphatic carbocycles. The van der Waals surface area contributed by atoms with Crippen LogP contribution in [0.5, 0.6) is 5.75 Å². The van der Waals surface area contributed by atoms with Crippen molar-refractivity contribution in [2.75, 3.05) is 12.0 Å². The van der Waals surface area contributed by atoms with E-state index in [0.29, 0.717) is 0 Å². The molecule has 0 radical (unpaired) electrons. The molecule has 1 N–H and O–H groups in total. The van der Waals surface area contributed by atoms with E-state index in [0.717, 1.165) is 34.0 Å². The third-order valence-corrected chi connectivity index (χ3v) is 5.72. The molecule has 0 fully saturated rings. The van der Waals surface area contributed by atoms with Gasteiger partial charge in [0, 0.05) is 17.8 Å². The number of benzene rings is 2. The number of anilines is 1. The second kappa shape index (κ2) is 6.68. The maximum Gasteiger partial charge on any atom is 0.240 e. The molecule has 1 aliphatic rings. The Morgan fingerprint density at radius 2 is 2.15 bits per heavy atom. The first-order chi connectivity index (χ1) is 12.6. The van der Waals surface area contributed by atoms with Crippen LogP contribution in [0, 0.1) is 0 Å². The summed E-state index contributed by atoms with van der Waals surface area (Å²) < 4.78 is 5.25. The van der Waals surface area contributed by atoms with Crippen LogP contribution in [0.15, 0.2) is 47.6 Å².